The average molecular weight is 385 g/mol. The monoisotopic (exact) mass is 385 g/mol. The molecule has 7 heteroatoms. The maximum absolute atomic E-state index is 11.9. The molecule has 0 saturated carbocycles. The van der Waals surface area contributed by atoms with Crippen LogP contribution in [-0.2, 0) is 27.4 Å². The maximum Gasteiger partial charge on any atom is 0.408 e. The molecular weight excluding hydrogens is 362 g/mol. The first-order valence-corrected chi connectivity index (χ1v) is 8.97. The Morgan fingerprint density at radius 2 is 1.68 bits per heavy atom. The van der Waals surface area contributed by atoms with E-state index in [4.69, 9.17) is 9.47 Å². The average Bonchev–Trinajstić information content (AvgIpc) is 2.71. The van der Waals surface area contributed by atoms with Gasteiger partial charge in [0.25, 0.3) is 0 Å². The minimum absolute atomic E-state index is 0.0289. The molecule has 148 valence electrons. The normalized spacial score (nSPS) is 11.3. The van der Waals surface area contributed by atoms with Gasteiger partial charge in [0.1, 0.15) is 18.4 Å². The lowest BCUT2D eigenvalue weighted by Crippen LogP contribution is -2.41. The lowest BCUT2D eigenvalue weighted by molar-refractivity contribution is -0.139. The number of alkyl carbamates (subject to hydrolysis) is 1. The molecule has 2 rings (SSSR count). The maximum atomic E-state index is 11.9. The number of amides is 1. The van der Waals surface area contributed by atoms with Crippen molar-refractivity contribution >= 4 is 18.0 Å². The van der Waals surface area contributed by atoms with Crippen LogP contribution >= 0.6 is 0 Å². The molecule has 0 radical (unpaired) electrons. The molecule has 1 amide bonds. The van der Waals surface area contributed by atoms with Crippen LogP contribution < -0.4 is 10.1 Å². The predicted octanol–water partition coefficient (Wildman–Crippen LogP) is 3.31. The van der Waals surface area contributed by atoms with Crippen LogP contribution in [0.2, 0.25) is 0 Å². The highest BCUT2D eigenvalue weighted by atomic mass is 16.5. The zero-order chi connectivity index (χ0) is 20.4. The fraction of sp³-hybridized carbons (Fsp3) is 0.286. The number of hydrogen-bond donors (Lipinski definition) is 2. The second-order valence-corrected chi connectivity index (χ2v) is 6.11. The van der Waals surface area contributed by atoms with Gasteiger partial charge in [-0.3, -0.25) is 4.79 Å². The van der Waals surface area contributed by atoms with Crippen molar-refractivity contribution < 1.29 is 29.0 Å². The number of esters is 1. The first kappa shape index (κ1) is 21.0. The summed E-state index contributed by atoms with van der Waals surface area (Å²) in [6.07, 6.45) is 0.254. The van der Waals surface area contributed by atoms with E-state index >= 15 is 0 Å². The quantitative estimate of drug-likeness (QED) is 0.507. The second-order valence-electron chi connectivity index (χ2n) is 6.11. The third-order valence-electron chi connectivity index (χ3n) is 3.97. The fourth-order valence-corrected chi connectivity index (χ4v) is 2.40. The summed E-state index contributed by atoms with van der Waals surface area (Å²) in [5.74, 6) is -1.04. The molecule has 0 spiro atoms. The summed E-state index contributed by atoms with van der Waals surface area (Å²) >= 11 is 0. The van der Waals surface area contributed by atoms with Crippen molar-refractivity contribution in [1.82, 2.24) is 5.32 Å². The number of carboxylic acids is 1. The van der Waals surface area contributed by atoms with Crippen LogP contribution in [0.1, 0.15) is 30.9 Å². The van der Waals surface area contributed by atoms with Crippen molar-refractivity contribution in [3.05, 3.63) is 65.7 Å². The summed E-state index contributed by atoms with van der Waals surface area (Å²) in [4.78, 5) is 34.5. The van der Waals surface area contributed by atoms with E-state index in [0.29, 0.717) is 17.7 Å². The van der Waals surface area contributed by atoms with E-state index in [1.807, 2.05) is 30.3 Å². The number of carbonyl (C=O) groups is 3. The second kappa shape index (κ2) is 10.7. The van der Waals surface area contributed by atoms with Gasteiger partial charge in [-0.2, -0.15) is 0 Å². The summed E-state index contributed by atoms with van der Waals surface area (Å²) < 4.78 is 10.1. The van der Waals surface area contributed by atoms with E-state index < -0.39 is 18.1 Å². The molecule has 0 aliphatic carbocycles. The van der Waals surface area contributed by atoms with Gasteiger partial charge in [0.15, 0.2) is 0 Å². The van der Waals surface area contributed by atoms with Crippen LogP contribution in [0.4, 0.5) is 4.79 Å². The van der Waals surface area contributed by atoms with E-state index in [0.717, 1.165) is 5.56 Å². The van der Waals surface area contributed by atoms with E-state index in [9.17, 15) is 19.5 Å². The Morgan fingerprint density at radius 1 is 1.00 bits per heavy atom. The highest BCUT2D eigenvalue weighted by Crippen LogP contribution is 2.14. The molecule has 0 fully saturated rings. The first-order valence-electron chi connectivity index (χ1n) is 8.97. The molecule has 1 unspecified atom stereocenters. The van der Waals surface area contributed by atoms with Crippen molar-refractivity contribution in [2.24, 2.45) is 0 Å². The summed E-state index contributed by atoms with van der Waals surface area (Å²) in [6, 6.07) is 14.9. The Bertz CT molecular complexity index is 788. The van der Waals surface area contributed by atoms with E-state index in [2.05, 4.69) is 5.32 Å². The number of nitrogens with one attached hydrogen (secondary N) is 1. The summed E-state index contributed by atoms with van der Waals surface area (Å²) in [6.45, 7) is 1.67. The molecule has 0 heterocycles. The van der Waals surface area contributed by atoms with Gasteiger partial charge in [-0.25, -0.2) is 9.59 Å². The molecule has 1 atom stereocenters. The van der Waals surface area contributed by atoms with Gasteiger partial charge in [0.2, 0.25) is 0 Å². The highest BCUT2D eigenvalue weighted by Gasteiger charge is 2.20. The third kappa shape index (κ3) is 7.11. The smallest absolute Gasteiger partial charge is 0.408 e. The Morgan fingerprint density at radius 3 is 2.29 bits per heavy atom. The van der Waals surface area contributed by atoms with Gasteiger partial charge in [-0.15, -0.1) is 0 Å². The van der Waals surface area contributed by atoms with Crippen molar-refractivity contribution in [2.75, 3.05) is 0 Å². The zero-order valence-corrected chi connectivity index (χ0v) is 15.6. The Balaban J connectivity index is 1.80. The number of ether oxygens (including phenoxy) is 2. The Labute approximate surface area is 163 Å². The van der Waals surface area contributed by atoms with Crippen LogP contribution in [0.3, 0.4) is 0 Å². The number of hydrogen-bond acceptors (Lipinski definition) is 5. The van der Waals surface area contributed by atoms with Gasteiger partial charge < -0.3 is 19.9 Å². The molecule has 0 aromatic heterocycles. The van der Waals surface area contributed by atoms with Gasteiger partial charge in [-0.1, -0.05) is 49.4 Å². The number of carboxylic acid groups (broad SMARTS) is 1. The molecular formula is C21H23NO6. The minimum atomic E-state index is -1.12. The van der Waals surface area contributed by atoms with Crippen molar-refractivity contribution in [1.29, 1.82) is 0 Å². The number of benzene rings is 2. The van der Waals surface area contributed by atoms with E-state index in [1.165, 1.54) is 0 Å². The van der Waals surface area contributed by atoms with Crippen LogP contribution in [0.25, 0.3) is 0 Å². The molecule has 28 heavy (non-hydrogen) atoms. The molecule has 0 bridgehead atoms. The molecule has 2 aromatic rings. The SMILES string of the molecule is CCC(=O)Oc1ccc(COC(=O)NC(CCc2ccccc2)C(=O)O)cc1. The van der Waals surface area contributed by atoms with E-state index in [-0.39, 0.29) is 25.4 Å². The predicted molar refractivity (Wildman–Crippen MR) is 102 cm³/mol. The molecule has 0 saturated heterocycles. The van der Waals surface area contributed by atoms with Crippen LogP contribution in [0, 0.1) is 0 Å². The standard InChI is InChI=1S/C21H23NO6/c1-2-19(23)28-17-11-8-16(9-12-17)14-27-21(26)22-18(20(24)25)13-10-15-6-4-3-5-7-15/h3-9,11-12,18H,2,10,13-14H2,1H3,(H,22,26)(H,24,25). The number of aliphatic carboxylic acids is 1. The largest absolute Gasteiger partial charge is 0.480 e. The fourth-order valence-electron chi connectivity index (χ4n) is 2.40. The van der Waals surface area contributed by atoms with Crippen LogP contribution in [-0.4, -0.2) is 29.2 Å². The number of carbonyl (C=O) groups excluding carboxylic acids is 2. The minimum Gasteiger partial charge on any atom is -0.480 e. The van der Waals surface area contributed by atoms with Crippen LogP contribution in [0.15, 0.2) is 54.6 Å². The van der Waals surface area contributed by atoms with Crippen LogP contribution in [0.5, 0.6) is 5.75 Å². The lowest BCUT2D eigenvalue weighted by Gasteiger charge is -2.14. The summed E-state index contributed by atoms with van der Waals surface area (Å²) in [7, 11) is 0. The lowest BCUT2D eigenvalue weighted by atomic mass is 10.1. The van der Waals surface area contributed by atoms with Gasteiger partial charge in [0, 0.05) is 6.42 Å². The third-order valence-corrected chi connectivity index (χ3v) is 3.97. The molecule has 2 aromatic carbocycles. The van der Waals surface area contributed by atoms with E-state index in [1.54, 1.807) is 31.2 Å². The zero-order valence-electron chi connectivity index (χ0n) is 15.6. The Kier molecular flexibility index (Phi) is 8.02. The van der Waals surface area contributed by atoms with Crippen molar-refractivity contribution in [3.63, 3.8) is 0 Å². The van der Waals surface area contributed by atoms with Crippen molar-refractivity contribution in [3.8, 4) is 5.75 Å². The summed E-state index contributed by atoms with van der Waals surface area (Å²) in [5.41, 5.74) is 1.68. The molecule has 2 N–H and O–H groups in total. The van der Waals surface area contributed by atoms with Crippen molar-refractivity contribution in [2.45, 2.75) is 38.8 Å². The first-order chi connectivity index (χ1) is 13.5. The molecule has 0 aliphatic rings. The number of aryl methyl sites for hydroxylation is 1. The highest BCUT2D eigenvalue weighted by molar-refractivity contribution is 5.79. The topological polar surface area (TPSA) is 102 Å². The van der Waals surface area contributed by atoms with Gasteiger partial charge >= 0.3 is 18.0 Å². The number of rotatable bonds is 9. The molecule has 0 aliphatic heterocycles. The Hall–Kier alpha value is -3.35. The summed E-state index contributed by atoms with van der Waals surface area (Å²) in [5, 5.41) is 11.7. The molecule has 7 nitrogen and oxygen atoms in total. The van der Waals surface area contributed by atoms with Gasteiger partial charge in [-0.05, 0) is 36.1 Å². The van der Waals surface area contributed by atoms with Gasteiger partial charge in [0.05, 0.1) is 0 Å².